The van der Waals surface area contributed by atoms with E-state index in [-0.39, 0.29) is 0 Å². The molecule has 0 aromatic heterocycles. The molecular weight excluding hydrogens is 246 g/mol. The summed E-state index contributed by atoms with van der Waals surface area (Å²) in [6.07, 6.45) is 0. The van der Waals surface area contributed by atoms with E-state index < -0.39 is 0 Å². The predicted octanol–water partition coefficient (Wildman–Crippen LogP) is 2.06. The quantitative estimate of drug-likeness (QED) is 0.906. The van der Waals surface area contributed by atoms with Crippen LogP contribution in [0.4, 0.5) is 0 Å². The molecule has 0 aliphatic carbocycles. The van der Waals surface area contributed by atoms with Crippen molar-refractivity contribution in [2.45, 2.75) is 33.5 Å². The van der Waals surface area contributed by atoms with E-state index in [1.165, 1.54) is 49.4 Å². The third-order valence-corrected chi connectivity index (χ3v) is 4.40. The first-order valence-electron chi connectivity index (χ1n) is 7.97. The first kappa shape index (κ1) is 14.1. The molecule has 0 bridgehead atoms. The van der Waals surface area contributed by atoms with Crippen molar-refractivity contribution in [3.63, 3.8) is 0 Å². The standard InChI is InChI=1S/C17H27N3/c1-14(2)12-19-5-7-20(8-6-19)13-15-3-4-16-10-18-11-17(16)9-15/h3-4,9,14,18H,5-8,10-13H2,1-2H3. The van der Waals surface area contributed by atoms with Gasteiger partial charge in [-0.2, -0.15) is 0 Å². The van der Waals surface area contributed by atoms with E-state index in [2.05, 4.69) is 47.2 Å². The minimum atomic E-state index is 0.783. The average Bonchev–Trinajstić information content (AvgIpc) is 2.88. The van der Waals surface area contributed by atoms with Gasteiger partial charge in [-0.15, -0.1) is 0 Å². The number of benzene rings is 1. The maximum atomic E-state index is 3.42. The zero-order chi connectivity index (χ0) is 13.9. The molecule has 20 heavy (non-hydrogen) atoms. The van der Waals surface area contributed by atoms with Crippen molar-refractivity contribution in [2.75, 3.05) is 32.7 Å². The molecule has 2 aliphatic heterocycles. The van der Waals surface area contributed by atoms with E-state index in [0.717, 1.165) is 25.6 Å². The van der Waals surface area contributed by atoms with Gasteiger partial charge in [0.15, 0.2) is 0 Å². The SMILES string of the molecule is CC(C)CN1CCN(Cc2ccc3c(c2)CNC3)CC1. The second-order valence-corrected chi connectivity index (χ2v) is 6.68. The summed E-state index contributed by atoms with van der Waals surface area (Å²) in [4.78, 5) is 5.20. The van der Waals surface area contributed by atoms with Crippen LogP contribution in [-0.4, -0.2) is 42.5 Å². The Hall–Kier alpha value is -0.900. The molecule has 1 fully saturated rings. The molecule has 1 aromatic rings. The molecule has 3 heteroatoms. The van der Waals surface area contributed by atoms with Crippen LogP contribution in [0.25, 0.3) is 0 Å². The van der Waals surface area contributed by atoms with Crippen LogP contribution in [0.15, 0.2) is 18.2 Å². The van der Waals surface area contributed by atoms with Crippen LogP contribution in [0.3, 0.4) is 0 Å². The van der Waals surface area contributed by atoms with Crippen molar-refractivity contribution < 1.29 is 0 Å². The Kier molecular flexibility index (Phi) is 4.39. The van der Waals surface area contributed by atoms with E-state index >= 15 is 0 Å². The van der Waals surface area contributed by atoms with Gasteiger partial charge in [0.1, 0.15) is 0 Å². The van der Waals surface area contributed by atoms with Gasteiger partial charge in [-0.3, -0.25) is 4.90 Å². The lowest BCUT2D eigenvalue weighted by atomic mass is 10.1. The van der Waals surface area contributed by atoms with Crippen molar-refractivity contribution in [3.05, 3.63) is 34.9 Å². The summed E-state index contributed by atoms with van der Waals surface area (Å²) in [6, 6.07) is 7.02. The fourth-order valence-electron chi connectivity index (χ4n) is 3.35. The van der Waals surface area contributed by atoms with E-state index in [1.54, 1.807) is 0 Å². The van der Waals surface area contributed by atoms with Crippen molar-refractivity contribution in [1.29, 1.82) is 0 Å². The second kappa shape index (κ2) is 6.25. The van der Waals surface area contributed by atoms with Gasteiger partial charge >= 0.3 is 0 Å². The summed E-state index contributed by atoms with van der Waals surface area (Å²) in [7, 11) is 0. The van der Waals surface area contributed by atoms with E-state index in [9.17, 15) is 0 Å². The Morgan fingerprint density at radius 3 is 2.45 bits per heavy atom. The van der Waals surface area contributed by atoms with Crippen molar-refractivity contribution in [1.82, 2.24) is 15.1 Å². The van der Waals surface area contributed by atoms with Crippen LogP contribution in [0.2, 0.25) is 0 Å². The monoisotopic (exact) mass is 273 g/mol. The van der Waals surface area contributed by atoms with E-state index in [1.807, 2.05) is 0 Å². The number of hydrogen-bond donors (Lipinski definition) is 1. The summed E-state index contributed by atoms with van der Waals surface area (Å²) in [6.45, 7) is 13.9. The molecule has 3 nitrogen and oxygen atoms in total. The minimum Gasteiger partial charge on any atom is -0.309 e. The van der Waals surface area contributed by atoms with Gasteiger partial charge in [0.2, 0.25) is 0 Å². The molecule has 2 heterocycles. The molecule has 0 radical (unpaired) electrons. The first-order chi connectivity index (χ1) is 9.70. The Bertz CT molecular complexity index is 448. The van der Waals surface area contributed by atoms with Crippen molar-refractivity contribution in [2.24, 2.45) is 5.92 Å². The molecule has 0 amide bonds. The maximum absolute atomic E-state index is 3.42. The summed E-state index contributed by atoms with van der Waals surface area (Å²) >= 11 is 0. The van der Waals surface area contributed by atoms with E-state index in [4.69, 9.17) is 0 Å². The van der Waals surface area contributed by atoms with Gasteiger partial charge in [-0.1, -0.05) is 32.0 Å². The Morgan fingerprint density at radius 2 is 1.70 bits per heavy atom. The predicted molar refractivity (Wildman–Crippen MR) is 83.5 cm³/mol. The van der Waals surface area contributed by atoms with Gasteiger partial charge in [0, 0.05) is 52.4 Å². The lowest BCUT2D eigenvalue weighted by molar-refractivity contribution is 0.117. The van der Waals surface area contributed by atoms with Crippen LogP contribution in [-0.2, 0) is 19.6 Å². The van der Waals surface area contributed by atoms with Crippen molar-refractivity contribution >= 4 is 0 Å². The molecule has 110 valence electrons. The smallest absolute Gasteiger partial charge is 0.0234 e. The molecular formula is C17H27N3. The number of piperazine rings is 1. The van der Waals surface area contributed by atoms with Gasteiger partial charge in [0.25, 0.3) is 0 Å². The number of rotatable bonds is 4. The summed E-state index contributed by atoms with van der Waals surface area (Å²) < 4.78 is 0. The van der Waals surface area contributed by atoms with Gasteiger partial charge < -0.3 is 10.2 Å². The molecule has 1 saturated heterocycles. The highest BCUT2D eigenvalue weighted by atomic mass is 15.3. The highest BCUT2D eigenvalue weighted by Crippen LogP contribution is 2.18. The van der Waals surface area contributed by atoms with Crippen LogP contribution < -0.4 is 5.32 Å². The second-order valence-electron chi connectivity index (χ2n) is 6.68. The molecule has 1 aromatic carbocycles. The number of hydrogen-bond acceptors (Lipinski definition) is 3. The topological polar surface area (TPSA) is 18.5 Å². The highest BCUT2D eigenvalue weighted by Gasteiger charge is 2.18. The fourth-order valence-corrected chi connectivity index (χ4v) is 3.35. The highest BCUT2D eigenvalue weighted by molar-refractivity contribution is 5.34. The molecule has 0 saturated carbocycles. The summed E-state index contributed by atoms with van der Waals surface area (Å²) in [5.41, 5.74) is 4.46. The summed E-state index contributed by atoms with van der Waals surface area (Å²) in [5, 5.41) is 3.42. The van der Waals surface area contributed by atoms with E-state index in [0.29, 0.717) is 0 Å². The first-order valence-corrected chi connectivity index (χ1v) is 7.97. The number of nitrogens with one attached hydrogen (secondary N) is 1. The third kappa shape index (κ3) is 3.40. The zero-order valence-electron chi connectivity index (χ0n) is 12.9. The van der Waals surface area contributed by atoms with Gasteiger partial charge in [0.05, 0.1) is 0 Å². The number of fused-ring (bicyclic) bond motifs is 1. The molecule has 3 rings (SSSR count). The van der Waals surface area contributed by atoms with Crippen LogP contribution in [0, 0.1) is 5.92 Å². The minimum absolute atomic E-state index is 0.783. The Balaban J connectivity index is 1.52. The number of nitrogens with zero attached hydrogens (tertiary/aromatic N) is 2. The fraction of sp³-hybridized carbons (Fsp3) is 0.647. The average molecular weight is 273 g/mol. The third-order valence-electron chi connectivity index (χ3n) is 4.40. The Labute approximate surface area is 123 Å². The molecule has 1 N–H and O–H groups in total. The van der Waals surface area contributed by atoms with Crippen LogP contribution >= 0.6 is 0 Å². The molecule has 2 aliphatic rings. The molecule has 0 unspecified atom stereocenters. The maximum Gasteiger partial charge on any atom is 0.0234 e. The normalized spacial score (nSPS) is 20.6. The van der Waals surface area contributed by atoms with Gasteiger partial charge in [-0.05, 0) is 22.6 Å². The summed E-state index contributed by atoms with van der Waals surface area (Å²) in [5.74, 6) is 0.783. The lowest BCUT2D eigenvalue weighted by Crippen LogP contribution is -2.46. The zero-order valence-corrected chi connectivity index (χ0v) is 12.9. The molecule has 0 atom stereocenters. The largest absolute Gasteiger partial charge is 0.309 e. The van der Waals surface area contributed by atoms with Crippen LogP contribution in [0.1, 0.15) is 30.5 Å². The molecule has 0 spiro atoms. The lowest BCUT2D eigenvalue weighted by Gasteiger charge is -2.35. The van der Waals surface area contributed by atoms with Gasteiger partial charge in [-0.25, -0.2) is 0 Å². The van der Waals surface area contributed by atoms with Crippen LogP contribution in [0.5, 0.6) is 0 Å². The Morgan fingerprint density at radius 1 is 1.00 bits per heavy atom. The van der Waals surface area contributed by atoms with Crippen molar-refractivity contribution in [3.8, 4) is 0 Å².